The molecule has 0 unspecified atom stereocenters. The van der Waals surface area contributed by atoms with Gasteiger partial charge in [0.15, 0.2) is 5.82 Å². The standard InChI is InChI=1S/C13H24N4O2.ClH/c1-13(2,3)12-16-11(19-17-12)7-4-6-10(18)15-9-5-8-14;/h4-9,14H2,1-3H3,(H,15,18);1H. The van der Waals surface area contributed by atoms with Crippen molar-refractivity contribution < 1.29 is 9.32 Å². The molecule has 1 aromatic rings. The van der Waals surface area contributed by atoms with Gasteiger partial charge in [-0.05, 0) is 19.4 Å². The van der Waals surface area contributed by atoms with E-state index in [2.05, 4.69) is 15.5 Å². The summed E-state index contributed by atoms with van der Waals surface area (Å²) in [5, 5.41) is 6.76. The fourth-order valence-corrected chi connectivity index (χ4v) is 1.48. The summed E-state index contributed by atoms with van der Waals surface area (Å²) < 4.78 is 5.16. The Balaban J connectivity index is 0.00000361. The van der Waals surface area contributed by atoms with Crippen LogP contribution < -0.4 is 11.1 Å². The molecule has 1 heterocycles. The highest BCUT2D eigenvalue weighted by Crippen LogP contribution is 2.18. The third-order valence-corrected chi connectivity index (χ3v) is 2.64. The lowest BCUT2D eigenvalue weighted by molar-refractivity contribution is -0.121. The third kappa shape index (κ3) is 6.86. The second-order valence-electron chi connectivity index (χ2n) is 5.61. The molecule has 0 fully saturated rings. The van der Waals surface area contributed by atoms with Crippen molar-refractivity contribution in [1.82, 2.24) is 15.5 Å². The predicted octanol–water partition coefficient (Wildman–Crippen LogP) is 1.58. The van der Waals surface area contributed by atoms with Crippen LogP contribution in [0.5, 0.6) is 0 Å². The molecule has 116 valence electrons. The Hall–Kier alpha value is -1.14. The minimum Gasteiger partial charge on any atom is -0.356 e. The molecule has 1 aromatic heterocycles. The van der Waals surface area contributed by atoms with Crippen LogP contribution in [0.15, 0.2) is 4.52 Å². The number of carbonyl (C=O) groups excluding carboxylic acids is 1. The Morgan fingerprint density at radius 2 is 2.05 bits per heavy atom. The van der Waals surface area contributed by atoms with E-state index in [9.17, 15) is 4.79 Å². The number of rotatable bonds is 7. The fourth-order valence-electron chi connectivity index (χ4n) is 1.48. The van der Waals surface area contributed by atoms with E-state index in [1.165, 1.54) is 0 Å². The summed E-state index contributed by atoms with van der Waals surface area (Å²) >= 11 is 0. The topological polar surface area (TPSA) is 94.0 Å². The lowest BCUT2D eigenvalue weighted by Crippen LogP contribution is -2.25. The molecule has 1 rings (SSSR count). The van der Waals surface area contributed by atoms with Crippen LogP contribution in [0.25, 0.3) is 0 Å². The van der Waals surface area contributed by atoms with E-state index < -0.39 is 0 Å². The Morgan fingerprint density at radius 3 is 2.60 bits per heavy atom. The zero-order valence-corrected chi connectivity index (χ0v) is 13.3. The first kappa shape index (κ1) is 18.9. The van der Waals surface area contributed by atoms with Crippen molar-refractivity contribution in [3.63, 3.8) is 0 Å². The second kappa shape index (κ2) is 8.92. The molecule has 0 atom stereocenters. The molecular weight excluding hydrogens is 280 g/mol. The van der Waals surface area contributed by atoms with Gasteiger partial charge in [0.1, 0.15) is 0 Å². The highest BCUT2D eigenvalue weighted by atomic mass is 35.5. The zero-order valence-electron chi connectivity index (χ0n) is 12.4. The van der Waals surface area contributed by atoms with Crippen molar-refractivity contribution in [1.29, 1.82) is 0 Å². The molecular formula is C13H25ClN4O2. The van der Waals surface area contributed by atoms with Crippen molar-refractivity contribution in [3.05, 3.63) is 11.7 Å². The van der Waals surface area contributed by atoms with E-state index in [1.54, 1.807) is 0 Å². The van der Waals surface area contributed by atoms with Crippen molar-refractivity contribution in [2.24, 2.45) is 5.73 Å². The molecule has 20 heavy (non-hydrogen) atoms. The Labute approximate surface area is 126 Å². The number of carbonyl (C=O) groups is 1. The number of aryl methyl sites for hydroxylation is 1. The Morgan fingerprint density at radius 1 is 1.35 bits per heavy atom. The SMILES string of the molecule is CC(C)(C)c1noc(CCCC(=O)NCCCN)n1.Cl. The molecule has 0 saturated heterocycles. The quantitative estimate of drug-likeness (QED) is 0.746. The third-order valence-electron chi connectivity index (χ3n) is 2.64. The minimum absolute atomic E-state index is 0. The number of hydrogen-bond donors (Lipinski definition) is 2. The largest absolute Gasteiger partial charge is 0.356 e. The fraction of sp³-hybridized carbons (Fsp3) is 0.769. The highest BCUT2D eigenvalue weighted by Gasteiger charge is 2.20. The van der Waals surface area contributed by atoms with Crippen LogP contribution in [0.2, 0.25) is 0 Å². The normalized spacial score (nSPS) is 11.0. The highest BCUT2D eigenvalue weighted by molar-refractivity contribution is 5.85. The van der Waals surface area contributed by atoms with Crippen LogP contribution >= 0.6 is 12.4 Å². The second-order valence-corrected chi connectivity index (χ2v) is 5.61. The van der Waals surface area contributed by atoms with Gasteiger partial charge in [0.05, 0.1) is 0 Å². The van der Waals surface area contributed by atoms with Crippen LogP contribution in [0.3, 0.4) is 0 Å². The van der Waals surface area contributed by atoms with Crippen LogP contribution in [0.1, 0.15) is 51.7 Å². The van der Waals surface area contributed by atoms with Crippen molar-refractivity contribution >= 4 is 18.3 Å². The number of nitrogens with one attached hydrogen (secondary N) is 1. The average Bonchev–Trinajstić information content (AvgIpc) is 2.78. The average molecular weight is 305 g/mol. The number of hydrogen-bond acceptors (Lipinski definition) is 5. The van der Waals surface area contributed by atoms with Gasteiger partial charge in [-0.1, -0.05) is 25.9 Å². The number of halogens is 1. The lowest BCUT2D eigenvalue weighted by atomic mass is 9.96. The molecule has 0 saturated carbocycles. The molecule has 1 amide bonds. The first-order chi connectivity index (χ1) is 8.93. The summed E-state index contributed by atoms with van der Waals surface area (Å²) in [5.74, 6) is 1.35. The van der Waals surface area contributed by atoms with Crippen LogP contribution in [0, 0.1) is 0 Å². The van der Waals surface area contributed by atoms with Gasteiger partial charge in [-0.25, -0.2) is 0 Å². The monoisotopic (exact) mass is 304 g/mol. The van der Waals surface area contributed by atoms with Gasteiger partial charge in [-0.2, -0.15) is 4.98 Å². The van der Waals surface area contributed by atoms with Gasteiger partial charge in [-0.15, -0.1) is 12.4 Å². The Bertz CT molecular complexity index is 401. The molecule has 0 aromatic carbocycles. The molecule has 0 aliphatic rings. The maximum absolute atomic E-state index is 11.5. The van der Waals surface area contributed by atoms with Gasteiger partial charge in [-0.3, -0.25) is 4.79 Å². The number of aromatic nitrogens is 2. The maximum Gasteiger partial charge on any atom is 0.226 e. The van der Waals surface area contributed by atoms with Gasteiger partial charge in [0.2, 0.25) is 11.8 Å². The van der Waals surface area contributed by atoms with Gasteiger partial charge in [0.25, 0.3) is 0 Å². The summed E-state index contributed by atoms with van der Waals surface area (Å²) in [6.07, 6.45) is 2.62. The van der Waals surface area contributed by atoms with Crippen LogP contribution in [-0.2, 0) is 16.6 Å². The van der Waals surface area contributed by atoms with Crippen LogP contribution in [-0.4, -0.2) is 29.1 Å². The first-order valence-corrected chi connectivity index (χ1v) is 6.73. The summed E-state index contributed by atoms with van der Waals surface area (Å²) in [4.78, 5) is 15.8. The van der Waals surface area contributed by atoms with E-state index in [1.807, 2.05) is 20.8 Å². The van der Waals surface area contributed by atoms with Crippen molar-refractivity contribution in [2.45, 2.75) is 51.9 Å². The molecule has 0 aliphatic carbocycles. The van der Waals surface area contributed by atoms with Crippen LogP contribution in [0.4, 0.5) is 0 Å². The van der Waals surface area contributed by atoms with Crippen molar-refractivity contribution in [2.75, 3.05) is 13.1 Å². The Kier molecular flexibility index (Phi) is 8.41. The molecule has 0 aliphatic heterocycles. The number of nitrogens with zero attached hydrogens (tertiary/aromatic N) is 2. The molecule has 7 heteroatoms. The first-order valence-electron chi connectivity index (χ1n) is 6.73. The molecule has 0 radical (unpaired) electrons. The zero-order chi connectivity index (χ0) is 14.3. The molecule has 6 nitrogen and oxygen atoms in total. The summed E-state index contributed by atoms with van der Waals surface area (Å²) in [5.41, 5.74) is 5.24. The lowest BCUT2D eigenvalue weighted by Gasteiger charge is -2.10. The summed E-state index contributed by atoms with van der Waals surface area (Å²) in [6, 6.07) is 0. The number of amides is 1. The molecule has 0 spiro atoms. The van der Waals surface area contributed by atoms with E-state index in [0.717, 1.165) is 6.42 Å². The van der Waals surface area contributed by atoms with Gasteiger partial charge in [0, 0.05) is 24.8 Å². The summed E-state index contributed by atoms with van der Waals surface area (Å²) in [7, 11) is 0. The minimum atomic E-state index is -0.110. The van der Waals surface area contributed by atoms with E-state index in [-0.39, 0.29) is 23.7 Å². The molecule has 3 N–H and O–H groups in total. The predicted molar refractivity (Wildman–Crippen MR) is 79.9 cm³/mol. The van der Waals surface area contributed by atoms with E-state index >= 15 is 0 Å². The number of nitrogens with two attached hydrogens (primary N) is 1. The van der Waals surface area contributed by atoms with Gasteiger partial charge < -0.3 is 15.6 Å². The maximum atomic E-state index is 11.5. The smallest absolute Gasteiger partial charge is 0.226 e. The van der Waals surface area contributed by atoms with E-state index in [4.69, 9.17) is 10.3 Å². The summed E-state index contributed by atoms with van der Waals surface area (Å²) in [6.45, 7) is 7.34. The van der Waals surface area contributed by atoms with Crippen molar-refractivity contribution in [3.8, 4) is 0 Å². The van der Waals surface area contributed by atoms with E-state index in [0.29, 0.717) is 44.1 Å². The van der Waals surface area contributed by atoms with Gasteiger partial charge >= 0.3 is 0 Å². The molecule has 0 bridgehead atoms.